The molecule has 1 aromatic rings. The second kappa shape index (κ2) is 11.9. The third-order valence-corrected chi connectivity index (χ3v) is 5.26. The van der Waals surface area contributed by atoms with Crippen LogP contribution in [-0.2, 0) is 14.9 Å². The smallest absolute Gasteiger partial charge is 0.191 e. The van der Waals surface area contributed by atoms with Gasteiger partial charge in [-0.3, -0.25) is 4.99 Å². The van der Waals surface area contributed by atoms with Crippen LogP contribution in [0.4, 0.5) is 0 Å². The van der Waals surface area contributed by atoms with E-state index >= 15 is 0 Å². The Kier molecular flexibility index (Phi) is 9.86. The average molecular weight is 487 g/mol. The van der Waals surface area contributed by atoms with E-state index in [0.29, 0.717) is 6.10 Å². The summed E-state index contributed by atoms with van der Waals surface area (Å²) >= 11 is 0. The molecule has 2 fully saturated rings. The monoisotopic (exact) mass is 487 g/mol. The molecule has 5 nitrogen and oxygen atoms in total. The van der Waals surface area contributed by atoms with Crippen LogP contribution >= 0.6 is 24.0 Å². The summed E-state index contributed by atoms with van der Waals surface area (Å²) in [7, 11) is 0. The number of aliphatic imine (C=N–C) groups is 1. The number of nitrogens with one attached hydrogen (secondary N) is 2. The van der Waals surface area contributed by atoms with Crippen molar-refractivity contribution < 1.29 is 9.47 Å². The van der Waals surface area contributed by atoms with Crippen LogP contribution in [0.1, 0.15) is 44.6 Å². The van der Waals surface area contributed by atoms with Crippen LogP contribution < -0.4 is 10.6 Å². The van der Waals surface area contributed by atoms with E-state index in [0.717, 1.165) is 64.7 Å². The Hall–Kier alpha value is -0.860. The Morgan fingerprint density at radius 2 is 1.93 bits per heavy atom. The first-order valence-corrected chi connectivity index (χ1v) is 10.1. The van der Waals surface area contributed by atoms with Gasteiger partial charge in [-0.05, 0) is 44.6 Å². The summed E-state index contributed by atoms with van der Waals surface area (Å²) in [6.07, 6.45) is 5.90. The van der Waals surface area contributed by atoms with Crippen LogP contribution in [0.25, 0.3) is 0 Å². The Morgan fingerprint density at radius 1 is 1.19 bits per heavy atom. The summed E-state index contributed by atoms with van der Waals surface area (Å²) in [4.78, 5) is 4.85. The minimum Gasteiger partial charge on any atom is -0.381 e. The standard InChI is InChI=1S/C21H33N3O2.HI/c1-2-22-20(23-13-6-14-26-19-9-15-25-16-10-19)24-17-21(11-12-21)18-7-4-3-5-8-18;/h3-5,7-8,19H,2,6,9-17H2,1H3,(H2,22,23,24);1H. The van der Waals surface area contributed by atoms with Crippen molar-refractivity contribution >= 4 is 29.9 Å². The number of nitrogens with zero attached hydrogens (tertiary/aromatic N) is 1. The Labute approximate surface area is 180 Å². The van der Waals surface area contributed by atoms with E-state index < -0.39 is 0 Å². The maximum absolute atomic E-state index is 5.93. The quantitative estimate of drug-likeness (QED) is 0.243. The summed E-state index contributed by atoms with van der Waals surface area (Å²) in [6, 6.07) is 10.8. The molecule has 3 rings (SSSR count). The average Bonchev–Trinajstić information content (AvgIpc) is 3.48. The molecule has 1 heterocycles. The van der Waals surface area contributed by atoms with Crippen molar-refractivity contribution in [1.29, 1.82) is 0 Å². The zero-order chi connectivity index (χ0) is 18.1. The van der Waals surface area contributed by atoms with Gasteiger partial charge in [-0.25, -0.2) is 0 Å². The summed E-state index contributed by atoms with van der Waals surface area (Å²) < 4.78 is 11.3. The number of guanidine groups is 1. The topological polar surface area (TPSA) is 54.9 Å². The molecular weight excluding hydrogens is 453 g/mol. The van der Waals surface area contributed by atoms with Crippen LogP contribution in [0, 0.1) is 0 Å². The van der Waals surface area contributed by atoms with Gasteiger partial charge in [0.15, 0.2) is 5.96 Å². The zero-order valence-electron chi connectivity index (χ0n) is 16.4. The fraction of sp³-hybridized carbons (Fsp3) is 0.667. The highest BCUT2D eigenvalue weighted by Gasteiger charge is 2.43. The molecule has 1 aromatic carbocycles. The molecule has 0 unspecified atom stereocenters. The Morgan fingerprint density at radius 3 is 2.59 bits per heavy atom. The van der Waals surface area contributed by atoms with Gasteiger partial charge < -0.3 is 20.1 Å². The molecular formula is C21H34IN3O2. The molecule has 2 aliphatic rings. The molecule has 0 spiro atoms. The molecule has 1 aliphatic carbocycles. The summed E-state index contributed by atoms with van der Waals surface area (Å²) in [5.41, 5.74) is 1.68. The van der Waals surface area contributed by atoms with E-state index in [1.165, 1.54) is 18.4 Å². The number of ether oxygens (including phenoxy) is 2. The highest BCUT2D eigenvalue weighted by molar-refractivity contribution is 14.0. The molecule has 0 radical (unpaired) electrons. The molecule has 152 valence electrons. The van der Waals surface area contributed by atoms with Gasteiger partial charge in [-0.1, -0.05) is 30.3 Å². The van der Waals surface area contributed by atoms with Gasteiger partial charge in [-0.2, -0.15) is 0 Å². The molecule has 27 heavy (non-hydrogen) atoms. The summed E-state index contributed by atoms with van der Waals surface area (Å²) in [6.45, 7) is 7.19. The normalized spacial score (nSPS) is 19.2. The van der Waals surface area contributed by atoms with E-state index in [2.05, 4.69) is 47.9 Å². The lowest BCUT2D eigenvalue weighted by Crippen LogP contribution is -2.38. The van der Waals surface area contributed by atoms with Gasteiger partial charge in [0.05, 0.1) is 12.6 Å². The molecule has 2 N–H and O–H groups in total. The van der Waals surface area contributed by atoms with Gasteiger partial charge in [-0.15, -0.1) is 24.0 Å². The van der Waals surface area contributed by atoms with E-state index in [-0.39, 0.29) is 29.4 Å². The molecule has 0 atom stereocenters. The number of hydrogen-bond acceptors (Lipinski definition) is 3. The number of rotatable bonds is 9. The lowest BCUT2D eigenvalue weighted by Gasteiger charge is -2.22. The van der Waals surface area contributed by atoms with Gasteiger partial charge in [0, 0.05) is 38.3 Å². The van der Waals surface area contributed by atoms with E-state index in [1.807, 2.05) is 0 Å². The maximum atomic E-state index is 5.93. The molecule has 0 aromatic heterocycles. The summed E-state index contributed by atoms with van der Waals surface area (Å²) in [5.74, 6) is 0.917. The van der Waals surface area contributed by atoms with Crippen LogP contribution in [0.15, 0.2) is 35.3 Å². The first-order valence-electron chi connectivity index (χ1n) is 10.1. The first-order chi connectivity index (χ1) is 12.8. The van der Waals surface area contributed by atoms with Gasteiger partial charge in [0.2, 0.25) is 0 Å². The van der Waals surface area contributed by atoms with Crippen LogP contribution in [0.2, 0.25) is 0 Å². The zero-order valence-corrected chi connectivity index (χ0v) is 18.7. The molecule has 6 heteroatoms. The molecule has 1 aliphatic heterocycles. The Balaban J connectivity index is 0.00000261. The van der Waals surface area contributed by atoms with Gasteiger partial charge >= 0.3 is 0 Å². The van der Waals surface area contributed by atoms with Crippen molar-refractivity contribution in [3.8, 4) is 0 Å². The fourth-order valence-electron chi connectivity index (χ4n) is 3.42. The van der Waals surface area contributed by atoms with E-state index in [1.54, 1.807) is 0 Å². The fourth-order valence-corrected chi connectivity index (χ4v) is 3.42. The minimum absolute atomic E-state index is 0. The number of halogens is 1. The third-order valence-electron chi connectivity index (χ3n) is 5.26. The lowest BCUT2D eigenvalue weighted by atomic mass is 9.96. The Bertz CT molecular complexity index is 558. The van der Waals surface area contributed by atoms with Crippen LogP contribution in [0.3, 0.4) is 0 Å². The van der Waals surface area contributed by atoms with Crippen molar-refractivity contribution in [3.63, 3.8) is 0 Å². The largest absolute Gasteiger partial charge is 0.381 e. The van der Waals surface area contributed by atoms with Crippen molar-refractivity contribution in [3.05, 3.63) is 35.9 Å². The molecule has 0 amide bonds. The first kappa shape index (κ1) is 22.4. The van der Waals surface area contributed by atoms with Crippen molar-refractivity contribution in [2.45, 2.75) is 50.5 Å². The third kappa shape index (κ3) is 7.23. The van der Waals surface area contributed by atoms with Crippen molar-refractivity contribution in [1.82, 2.24) is 10.6 Å². The lowest BCUT2D eigenvalue weighted by molar-refractivity contribution is -0.0320. The number of benzene rings is 1. The van der Waals surface area contributed by atoms with Crippen molar-refractivity contribution in [2.24, 2.45) is 4.99 Å². The minimum atomic E-state index is 0. The van der Waals surface area contributed by atoms with Crippen molar-refractivity contribution in [2.75, 3.05) is 39.5 Å². The van der Waals surface area contributed by atoms with Crippen LogP contribution in [0.5, 0.6) is 0 Å². The van der Waals surface area contributed by atoms with Gasteiger partial charge in [0.25, 0.3) is 0 Å². The number of hydrogen-bond donors (Lipinski definition) is 2. The molecule has 1 saturated carbocycles. The molecule has 0 bridgehead atoms. The maximum Gasteiger partial charge on any atom is 0.191 e. The summed E-state index contributed by atoms with van der Waals surface area (Å²) in [5, 5.41) is 6.80. The van der Waals surface area contributed by atoms with Crippen LogP contribution in [-0.4, -0.2) is 51.5 Å². The predicted octanol–water partition coefficient (Wildman–Crippen LogP) is 3.48. The second-order valence-corrected chi connectivity index (χ2v) is 7.30. The van der Waals surface area contributed by atoms with E-state index in [9.17, 15) is 0 Å². The molecule has 1 saturated heterocycles. The highest BCUT2D eigenvalue weighted by Crippen LogP contribution is 2.48. The second-order valence-electron chi connectivity index (χ2n) is 7.30. The van der Waals surface area contributed by atoms with E-state index in [4.69, 9.17) is 14.5 Å². The predicted molar refractivity (Wildman–Crippen MR) is 121 cm³/mol. The highest BCUT2D eigenvalue weighted by atomic mass is 127. The van der Waals surface area contributed by atoms with Gasteiger partial charge in [0.1, 0.15) is 0 Å². The SMILES string of the molecule is CCNC(=NCC1(c2ccccc2)CC1)NCCCOC1CCOCC1.I.